The van der Waals surface area contributed by atoms with Gasteiger partial charge in [0.25, 0.3) is 0 Å². The van der Waals surface area contributed by atoms with Crippen LogP contribution in [-0.4, -0.2) is 37.5 Å². The minimum Gasteiger partial charge on any atom is -0.340 e. The number of hydrogen-bond acceptors (Lipinski definition) is 6. The van der Waals surface area contributed by atoms with E-state index in [1.807, 2.05) is 54.6 Å². The predicted molar refractivity (Wildman–Crippen MR) is 123 cm³/mol. The number of nitrogens with zero attached hydrogens (tertiary/aromatic N) is 4. The Bertz CT molecular complexity index is 1100. The normalized spacial score (nSPS) is 18.1. The molecule has 8 heteroatoms. The van der Waals surface area contributed by atoms with Gasteiger partial charge in [0.2, 0.25) is 11.1 Å². The van der Waals surface area contributed by atoms with E-state index in [0.29, 0.717) is 5.16 Å². The van der Waals surface area contributed by atoms with Gasteiger partial charge in [0.15, 0.2) is 0 Å². The van der Waals surface area contributed by atoms with Gasteiger partial charge in [-0.05, 0) is 27.1 Å². The maximum atomic E-state index is 12.8. The number of rotatable bonds is 7. The summed E-state index contributed by atoms with van der Waals surface area (Å²) in [6, 6.07) is 30.3. The Morgan fingerprint density at radius 2 is 1.38 bits per heavy atom. The molecule has 1 saturated heterocycles. The standard InChI is InChI=1S/C24H22N6OS/c1-30-23(27-28-29-30)32-22-20(21(31)25-22)26-24(17-11-5-2-6-12-17,18-13-7-3-8-14-18)19-15-9-4-10-16-19/h2-16,20,22,26H,1H3,(H,25,31)/t20-,22?/m1/s1. The van der Waals surface area contributed by atoms with Crippen molar-refractivity contribution in [1.82, 2.24) is 30.8 Å². The third-order valence-corrected chi connectivity index (χ3v) is 6.88. The number of hydrogen-bond donors (Lipinski definition) is 2. The maximum Gasteiger partial charge on any atom is 0.241 e. The van der Waals surface area contributed by atoms with E-state index in [1.165, 1.54) is 11.8 Å². The predicted octanol–water partition coefficient (Wildman–Crippen LogP) is 2.71. The van der Waals surface area contributed by atoms with Gasteiger partial charge in [-0.3, -0.25) is 10.1 Å². The lowest BCUT2D eigenvalue weighted by molar-refractivity contribution is -0.129. The maximum absolute atomic E-state index is 12.8. The second kappa shape index (κ2) is 8.57. The largest absolute Gasteiger partial charge is 0.340 e. The summed E-state index contributed by atoms with van der Waals surface area (Å²) < 4.78 is 1.60. The Kier molecular flexibility index (Phi) is 5.46. The highest BCUT2D eigenvalue weighted by Gasteiger charge is 2.48. The van der Waals surface area contributed by atoms with Gasteiger partial charge in [0, 0.05) is 7.05 Å². The van der Waals surface area contributed by atoms with Crippen molar-refractivity contribution in [2.24, 2.45) is 7.05 Å². The lowest BCUT2D eigenvalue weighted by atomic mass is 9.76. The van der Waals surface area contributed by atoms with Crippen LogP contribution in [0, 0.1) is 0 Å². The number of carbonyl (C=O) groups excluding carboxylic acids is 1. The lowest BCUT2D eigenvalue weighted by Gasteiger charge is -2.45. The molecule has 0 bridgehead atoms. The number of thioether (sulfide) groups is 1. The van der Waals surface area contributed by atoms with Crippen LogP contribution in [0.15, 0.2) is 96.2 Å². The molecule has 0 spiro atoms. The van der Waals surface area contributed by atoms with Gasteiger partial charge in [-0.2, -0.15) is 0 Å². The van der Waals surface area contributed by atoms with Gasteiger partial charge in [-0.1, -0.05) is 103 Å². The van der Waals surface area contributed by atoms with E-state index < -0.39 is 11.6 Å². The van der Waals surface area contributed by atoms with Gasteiger partial charge < -0.3 is 5.32 Å². The number of carbonyl (C=O) groups is 1. The van der Waals surface area contributed by atoms with Crippen molar-refractivity contribution in [1.29, 1.82) is 0 Å². The summed E-state index contributed by atoms with van der Waals surface area (Å²) >= 11 is 1.43. The summed E-state index contributed by atoms with van der Waals surface area (Å²) in [4.78, 5) is 12.8. The van der Waals surface area contributed by atoms with Crippen LogP contribution in [0.2, 0.25) is 0 Å². The van der Waals surface area contributed by atoms with Crippen molar-refractivity contribution in [3.8, 4) is 0 Å². The molecule has 0 aliphatic carbocycles. The van der Waals surface area contributed by atoms with Crippen LogP contribution in [0.3, 0.4) is 0 Å². The Morgan fingerprint density at radius 3 is 1.78 bits per heavy atom. The summed E-state index contributed by atoms with van der Waals surface area (Å²) in [5.74, 6) is -0.0511. The van der Waals surface area contributed by atoms with Gasteiger partial charge in [-0.15, -0.1) is 5.10 Å². The van der Waals surface area contributed by atoms with Gasteiger partial charge in [0.05, 0.1) is 5.54 Å². The number of nitrogens with one attached hydrogen (secondary N) is 2. The summed E-state index contributed by atoms with van der Waals surface area (Å²) in [5, 5.41) is 18.8. The number of β-lactam (4-membered cyclic amide) rings is 1. The van der Waals surface area contributed by atoms with Crippen molar-refractivity contribution in [3.05, 3.63) is 108 Å². The molecule has 4 aromatic rings. The summed E-state index contributed by atoms with van der Waals surface area (Å²) in [7, 11) is 1.79. The van der Waals surface area contributed by atoms with Crippen LogP contribution in [0.1, 0.15) is 16.7 Å². The topological polar surface area (TPSA) is 84.7 Å². The molecule has 0 radical (unpaired) electrons. The SMILES string of the molecule is Cn1nnnc1SC1NC(=O)[C@H]1NC(c1ccccc1)(c1ccccc1)c1ccccc1. The molecule has 3 aromatic carbocycles. The van der Waals surface area contributed by atoms with Crippen molar-refractivity contribution < 1.29 is 4.79 Å². The molecule has 5 rings (SSSR count). The summed E-state index contributed by atoms with van der Waals surface area (Å²) in [6.07, 6.45) is 0. The van der Waals surface area contributed by atoms with E-state index in [4.69, 9.17) is 0 Å². The second-order valence-corrected chi connectivity index (χ2v) is 8.71. The quantitative estimate of drug-likeness (QED) is 0.338. The number of amides is 1. The Balaban J connectivity index is 1.61. The molecule has 2 heterocycles. The van der Waals surface area contributed by atoms with Gasteiger partial charge in [0.1, 0.15) is 11.4 Å². The minimum atomic E-state index is -0.719. The third kappa shape index (κ3) is 3.57. The Labute approximate surface area is 190 Å². The first kappa shape index (κ1) is 20.4. The fourth-order valence-corrected chi connectivity index (χ4v) is 5.08. The van der Waals surface area contributed by atoms with Crippen molar-refractivity contribution in [2.45, 2.75) is 22.1 Å². The average molecular weight is 443 g/mol. The van der Waals surface area contributed by atoms with Crippen molar-refractivity contribution >= 4 is 17.7 Å². The monoisotopic (exact) mass is 442 g/mol. The van der Waals surface area contributed by atoms with E-state index in [0.717, 1.165) is 16.7 Å². The van der Waals surface area contributed by atoms with E-state index in [1.54, 1.807) is 11.7 Å². The smallest absolute Gasteiger partial charge is 0.241 e. The van der Waals surface area contributed by atoms with Gasteiger partial charge in [-0.25, -0.2) is 4.68 Å². The van der Waals surface area contributed by atoms with Crippen LogP contribution < -0.4 is 10.6 Å². The number of aromatic nitrogens is 4. The molecular weight excluding hydrogens is 420 g/mol. The molecule has 1 aliphatic rings. The Hall–Kier alpha value is -3.49. The van der Waals surface area contributed by atoms with Crippen LogP contribution in [0.4, 0.5) is 0 Å². The number of aryl methyl sites for hydroxylation is 1. The molecule has 1 amide bonds. The van der Waals surface area contributed by atoms with Crippen LogP contribution in [-0.2, 0) is 17.4 Å². The lowest BCUT2D eigenvalue weighted by Crippen LogP contribution is -2.70. The molecule has 1 aliphatic heterocycles. The molecule has 2 atom stereocenters. The van der Waals surface area contributed by atoms with E-state index >= 15 is 0 Å². The molecule has 2 N–H and O–H groups in total. The fourth-order valence-electron chi connectivity index (χ4n) is 4.08. The molecule has 1 unspecified atom stereocenters. The van der Waals surface area contributed by atoms with Crippen LogP contribution in [0.25, 0.3) is 0 Å². The molecule has 1 fully saturated rings. The van der Waals surface area contributed by atoms with Gasteiger partial charge >= 0.3 is 0 Å². The molecular formula is C24H22N6OS. The second-order valence-electron chi connectivity index (χ2n) is 7.60. The van der Waals surface area contributed by atoms with E-state index in [9.17, 15) is 4.79 Å². The first-order valence-electron chi connectivity index (χ1n) is 10.3. The highest BCUT2D eigenvalue weighted by Crippen LogP contribution is 2.39. The molecule has 1 aromatic heterocycles. The molecule has 32 heavy (non-hydrogen) atoms. The zero-order chi connectivity index (χ0) is 22.0. The van der Waals surface area contributed by atoms with Crippen molar-refractivity contribution in [3.63, 3.8) is 0 Å². The highest BCUT2D eigenvalue weighted by molar-refractivity contribution is 7.99. The molecule has 0 saturated carbocycles. The number of tetrazole rings is 1. The average Bonchev–Trinajstić information content (AvgIpc) is 3.25. The number of benzene rings is 3. The minimum absolute atomic E-state index is 0.0511. The molecule has 7 nitrogen and oxygen atoms in total. The first-order valence-corrected chi connectivity index (χ1v) is 11.2. The fraction of sp³-hybridized carbons (Fsp3) is 0.167. The highest BCUT2D eigenvalue weighted by atomic mass is 32.2. The first-order chi connectivity index (χ1) is 15.7. The summed E-state index contributed by atoms with van der Waals surface area (Å²) in [6.45, 7) is 0. The van der Waals surface area contributed by atoms with E-state index in [-0.39, 0.29) is 11.3 Å². The Morgan fingerprint density at radius 1 is 0.875 bits per heavy atom. The molecule has 160 valence electrons. The van der Waals surface area contributed by atoms with Crippen molar-refractivity contribution in [2.75, 3.05) is 0 Å². The third-order valence-electron chi connectivity index (χ3n) is 5.68. The van der Waals surface area contributed by atoms with Crippen LogP contribution >= 0.6 is 11.8 Å². The zero-order valence-corrected chi connectivity index (χ0v) is 18.2. The summed E-state index contributed by atoms with van der Waals surface area (Å²) in [5.41, 5.74) is 2.45. The van der Waals surface area contributed by atoms with E-state index in [2.05, 4.69) is 62.6 Å². The zero-order valence-electron chi connectivity index (χ0n) is 17.4. The van der Waals surface area contributed by atoms with Crippen LogP contribution in [0.5, 0.6) is 0 Å².